The molecule has 1 aromatic carbocycles. The zero-order chi connectivity index (χ0) is 15.5. The van der Waals surface area contributed by atoms with Crippen molar-refractivity contribution in [1.29, 1.82) is 5.26 Å². The highest BCUT2D eigenvalue weighted by atomic mass is 35.5. The van der Waals surface area contributed by atoms with Crippen molar-refractivity contribution in [3.8, 4) is 6.07 Å². The zero-order valence-corrected chi connectivity index (χ0v) is 14.1. The molecule has 3 aromatic rings. The highest BCUT2D eigenvalue weighted by Crippen LogP contribution is 2.31. The molecule has 0 fully saturated rings. The van der Waals surface area contributed by atoms with Crippen molar-refractivity contribution < 1.29 is 5.11 Å². The van der Waals surface area contributed by atoms with Crippen molar-refractivity contribution in [3.63, 3.8) is 0 Å². The van der Waals surface area contributed by atoms with Gasteiger partial charge in [-0.3, -0.25) is 0 Å². The molecule has 0 spiro atoms. The van der Waals surface area contributed by atoms with Crippen LogP contribution >= 0.6 is 46.0 Å². The minimum atomic E-state index is -0.0205. The molecule has 0 unspecified atom stereocenters. The summed E-state index contributed by atoms with van der Waals surface area (Å²) in [6, 6.07) is 7.38. The Bertz CT molecular complexity index is 882. The summed E-state index contributed by atoms with van der Waals surface area (Å²) in [6.07, 6.45) is 0. The fourth-order valence-corrected chi connectivity index (χ4v) is 4.17. The monoisotopic (exact) mass is 366 g/mol. The molecule has 5 nitrogen and oxygen atoms in total. The highest BCUT2D eigenvalue weighted by Gasteiger charge is 2.14. The number of thioether (sulfide) groups is 1. The van der Waals surface area contributed by atoms with E-state index in [9.17, 15) is 10.4 Å². The Balaban J connectivity index is 1.90. The second-order valence-corrected chi connectivity index (χ2v) is 7.58. The first-order valence-corrected chi connectivity index (χ1v) is 9.01. The molecule has 0 saturated carbocycles. The number of hydrogen-bond acceptors (Lipinski definition) is 8. The SMILES string of the molecule is N#CC(=C(O)CSc1nncs1)c1nc2cc(Cl)ccc2s1. The van der Waals surface area contributed by atoms with Gasteiger partial charge < -0.3 is 5.11 Å². The van der Waals surface area contributed by atoms with E-state index in [1.54, 1.807) is 17.6 Å². The number of nitrogens with zero attached hydrogens (tertiary/aromatic N) is 4. The highest BCUT2D eigenvalue weighted by molar-refractivity contribution is 8.01. The van der Waals surface area contributed by atoms with Crippen molar-refractivity contribution >= 4 is 61.8 Å². The van der Waals surface area contributed by atoms with E-state index in [4.69, 9.17) is 11.6 Å². The first kappa shape index (κ1) is 15.2. The van der Waals surface area contributed by atoms with Gasteiger partial charge in [-0.05, 0) is 18.2 Å². The van der Waals surface area contributed by atoms with Gasteiger partial charge in [0.05, 0.1) is 16.0 Å². The lowest BCUT2D eigenvalue weighted by molar-refractivity contribution is 0.421. The Hall–Kier alpha value is -1.66. The topological polar surface area (TPSA) is 82.7 Å². The molecule has 0 bridgehead atoms. The van der Waals surface area contributed by atoms with E-state index in [-0.39, 0.29) is 17.1 Å². The number of aliphatic hydroxyl groups excluding tert-OH is 1. The standard InChI is InChI=1S/C13H7ClN4OS3/c14-7-1-2-11-9(3-7)17-12(22-11)8(4-15)10(19)5-20-13-18-16-6-21-13/h1-3,6,19H,5H2. The summed E-state index contributed by atoms with van der Waals surface area (Å²) in [6.45, 7) is 0. The molecule has 0 aliphatic carbocycles. The van der Waals surface area contributed by atoms with Crippen molar-refractivity contribution in [2.24, 2.45) is 0 Å². The Morgan fingerprint density at radius 3 is 3.05 bits per heavy atom. The van der Waals surface area contributed by atoms with Crippen LogP contribution in [0.15, 0.2) is 33.8 Å². The summed E-state index contributed by atoms with van der Waals surface area (Å²) in [5, 5.41) is 28.2. The minimum Gasteiger partial charge on any atom is -0.510 e. The Kier molecular flexibility index (Phi) is 4.59. The van der Waals surface area contributed by atoms with Gasteiger partial charge in [0.15, 0.2) is 4.34 Å². The molecule has 0 saturated heterocycles. The van der Waals surface area contributed by atoms with E-state index in [0.29, 0.717) is 15.5 Å². The number of halogens is 1. The molecule has 0 aliphatic heterocycles. The first-order valence-electron chi connectivity index (χ1n) is 5.95. The number of hydrogen-bond donors (Lipinski definition) is 1. The second kappa shape index (κ2) is 6.62. The third-order valence-corrected chi connectivity index (χ3v) is 5.80. The summed E-state index contributed by atoms with van der Waals surface area (Å²) in [4.78, 5) is 4.37. The van der Waals surface area contributed by atoms with Gasteiger partial charge in [0.2, 0.25) is 0 Å². The molecule has 22 heavy (non-hydrogen) atoms. The predicted octanol–water partition coefficient (Wildman–Crippen LogP) is 4.39. The van der Waals surface area contributed by atoms with Crippen molar-refractivity contribution in [2.75, 3.05) is 5.75 Å². The van der Waals surface area contributed by atoms with Crippen LogP contribution in [0.4, 0.5) is 0 Å². The average Bonchev–Trinajstić information content (AvgIpc) is 3.14. The van der Waals surface area contributed by atoms with E-state index < -0.39 is 0 Å². The average molecular weight is 367 g/mol. The fourth-order valence-electron chi connectivity index (χ4n) is 1.67. The number of nitriles is 1. The van der Waals surface area contributed by atoms with Gasteiger partial charge >= 0.3 is 0 Å². The zero-order valence-electron chi connectivity index (χ0n) is 10.9. The molecule has 0 atom stereocenters. The maximum absolute atomic E-state index is 10.2. The van der Waals surface area contributed by atoms with Gasteiger partial charge in [-0.1, -0.05) is 34.7 Å². The fraction of sp³-hybridized carbons (Fsp3) is 0.0769. The molecule has 2 aromatic heterocycles. The Labute approximate surface area is 142 Å². The van der Waals surface area contributed by atoms with Gasteiger partial charge in [0.1, 0.15) is 27.9 Å². The maximum Gasteiger partial charge on any atom is 0.174 e. The van der Waals surface area contributed by atoms with Crippen LogP contribution in [0.3, 0.4) is 0 Å². The van der Waals surface area contributed by atoms with Crippen LogP contribution in [0.1, 0.15) is 5.01 Å². The lowest BCUT2D eigenvalue weighted by Crippen LogP contribution is -1.92. The molecule has 0 aliphatic rings. The molecular weight excluding hydrogens is 360 g/mol. The van der Waals surface area contributed by atoms with Crippen LogP contribution in [-0.4, -0.2) is 26.0 Å². The Morgan fingerprint density at radius 2 is 2.32 bits per heavy atom. The molecule has 110 valence electrons. The molecule has 2 heterocycles. The third-order valence-electron chi connectivity index (χ3n) is 2.64. The van der Waals surface area contributed by atoms with Crippen molar-refractivity contribution in [2.45, 2.75) is 4.34 Å². The normalized spacial score (nSPS) is 12.2. The molecular formula is C13H7ClN4OS3. The van der Waals surface area contributed by atoms with Gasteiger partial charge in [-0.25, -0.2) is 4.98 Å². The number of aliphatic hydroxyl groups is 1. The van der Waals surface area contributed by atoms with Crippen LogP contribution in [-0.2, 0) is 0 Å². The van der Waals surface area contributed by atoms with E-state index in [1.807, 2.05) is 12.1 Å². The van der Waals surface area contributed by atoms with Crippen molar-refractivity contribution in [3.05, 3.63) is 39.5 Å². The molecule has 3 rings (SSSR count). The summed E-state index contributed by atoms with van der Waals surface area (Å²) >= 11 is 9.99. The quantitative estimate of drug-likeness (QED) is 0.419. The van der Waals surface area contributed by atoms with E-state index in [1.165, 1.54) is 34.4 Å². The third kappa shape index (κ3) is 3.23. The molecule has 1 N–H and O–H groups in total. The summed E-state index contributed by atoms with van der Waals surface area (Å²) in [5.41, 5.74) is 2.50. The van der Waals surface area contributed by atoms with Crippen LogP contribution < -0.4 is 0 Å². The van der Waals surface area contributed by atoms with Gasteiger partial charge in [0.25, 0.3) is 0 Å². The number of fused-ring (bicyclic) bond motifs is 1. The predicted molar refractivity (Wildman–Crippen MR) is 90.4 cm³/mol. The van der Waals surface area contributed by atoms with Crippen LogP contribution in [0, 0.1) is 11.3 Å². The van der Waals surface area contributed by atoms with Gasteiger partial charge in [0, 0.05) is 5.02 Å². The first-order chi connectivity index (χ1) is 10.7. The molecule has 9 heteroatoms. The van der Waals surface area contributed by atoms with Crippen LogP contribution in [0.25, 0.3) is 15.8 Å². The van der Waals surface area contributed by atoms with Crippen LogP contribution in [0.5, 0.6) is 0 Å². The second-order valence-electron chi connectivity index (χ2n) is 4.06. The maximum atomic E-state index is 10.2. The molecule has 0 amide bonds. The number of allylic oxidation sites excluding steroid dienone is 1. The van der Waals surface area contributed by atoms with E-state index in [0.717, 1.165) is 9.04 Å². The number of rotatable bonds is 4. The summed E-state index contributed by atoms with van der Waals surface area (Å²) < 4.78 is 1.65. The Morgan fingerprint density at radius 1 is 1.45 bits per heavy atom. The lowest BCUT2D eigenvalue weighted by atomic mass is 10.2. The number of aromatic nitrogens is 3. The summed E-state index contributed by atoms with van der Waals surface area (Å²) in [5.74, 6) is 0.224. The van der Waals surface area contributed by atoms with Gasteiger partial charge in [-0.15, -0.1) is 21.5 Å². The minimum absolute atomic E-state index is 0.0205. The van der Waals surface area contributed by atoms with Gasteiger partial charge in [-0.2, -0.15) is 5.26 Å². The van der Waals surface area contributed by atoms with E-state index >= 15 is 0 Å². The molecule has 0 radical (unpaired) electrons. The number of benzene rings is 1. The van der Waals surface area contributed by atoms with E-state index in [2.05, 4.69) is 15.2 Å². The largest absolute Gasteiger partial charge is 0.510 e. The smallest absolute Gasteiger partial charge is 0.174 e. The summed E-state index contributed by atoms with van der Waals surface area (Å²) in [7, 11) is 0. The lowest BCUT2D eigenvalue weighted by Gasteiger charge is -1.99. The van der Waals surface area contributed by atoms with Crippen molar-refractivity contribution in [1.82, 2.24) is 15.2 Å². The number of thiazole rings is 1. The van der Waals surface area contributed by atoms with Crippen LogP contribution in [0.2, 0.25) is 5.02 Å².